The lowest BCUT2D eigenvalue weighted by atomic mass is 10.2. The SMILES string of the molecule is C=CCNc1cc(NCCOC)nc(-c2ccccc2)n1. The molecule has 2 aromatic rings. The predicted octanol–water partition coefficient (Wildman–Crippen LogP) is 2.80. The molecule has 5 nitrogen and oxygen atoms in total. The molecule has 21 heavy (non-hydrogen) atoms. The van der Waals surface area contributed by atoms with E-state index in [2.05, 4.69) is 27.2 Å². The minimum absolute atomic E-state index is 0.625. The maximum Gasteiger partial charge on any atom is 0.163 e. The second-order valence-electron chi connectivity index (χ2n) is 4.42. The number of nitrogens with one attached hydrogen (secondary N) is 2. The van der Waals surface area contributed by atoms with Crippen molar-refractivity contribution in [2.45, 2.75) is 0 Å². The van der Waals surface area contributed by atoms with Crippen LogP contribution in [0.15, 0.2) is 49.1 Å². The number of anilines is 2. The Hall–Kier alpha value is -2.40. The van der Waals surface area contributed by atoms with Crippen molar-refractivity contribution in [1.29, 1.82) is 0 Å². The molecule has 0 saturated heterocycles. The molecule has 0 aliphatic heterocycles. The minimum Gasteiger partial charge on any atom is -0.383 e. The molecule has 1 aromatic carbocycles. The van der Waals surface area contributed by atoms with Gasteiger partial charge in [0.25, 0.3) is 0 Å². The van der Waals surface area contributed by atoms with Gasteiger partial charge < -0.3 is 15.4 Å². The van der Waals surface area contributed by atoms with Crippen molar-refractivity contribution in [3.8, 4) is 11.4 Å². The third-order valence-electron chi connectivity index (χ3n) is 2.80. The van der Waals surface area contributed by atoms with E-state index in [4.69, 9.17) is 4.74 Å². The van der Waals surface area contributed by atoms with Crippen molar-refractivity contribution in [1.82, 2.24) is 9.97 Å². The minimum atomic E-state index is 0.625. The van der Waals surface area contributed by atoms with Crippen LogP contribution in [0.1, 0.15) is 0 Å². The van der Waals surface area contributed by atoms with E-state index in [1.165, 1.54) is 0 Å². The second-order valence-corrected chi connectivity index (χ2v) is 4.42. The molecule has 0 unspecified atom stereocenters. The molecule has 1 aromatic heterocycles. The van der Waals surface area contributed by atoms with E-state index in [0.717, 1.165) is 17.2 Å². The predicted molar refractivity (Wildman–Crippen MR) is 86.5 cm³/mol. The Kier molecular flexibility index (Phi) is 5.72. The lowest BCUT2D eigenvalue weighted by Gasteiger charge is -2.10. The number of methoxy groups -OCH3 is 1. The van der Waals surface area contributed by atoms with Gasteiger partial charge in [0, 0.05) is 31.8 Å². The fraction of sp³-hybridized carbons (Fsp3) is 0.250. The Balaban J connectivity index is 2.25. The fourth-order valence-corrected chi connectivity index (χ4v) is 1.80. The van der Waals surface area contributed by atoms with Crippen LogP contribution in [0.4, 0.5) is 11.6 Å². The lowest BCUT2D eigenvalue weighted by Crippen LogP contribution is -2.11. The summed E-state index contributed by atoms with van der Waals surface area (Å²) in [4.78, 5) is 9.07. The topological polar surface area (TPSA) is 59.1 Å². The molecule has 2 N–H and O–H groups in total. The molecule has 0 atom stereocenters. The molecule has 0 aliphatic carbocycles. The molecular weight excluding hydrogens is 264 g/mol. The summed E-state index contributed by atoms with van der Waals surface area (Å²) < 4.78 is 5.04. The van der Waals surface area contributed by atoms with Crippen LogP contribution >= 0.6 is 0 Å². The Morgan fingerprint density at radius 1 is 1.14 bits per heavy atom. The number of hydrogen-bond acceptors (Lipinski definition) is 5. The van der Waals surface area contributed by atoms with Gasteiger partial charge >= 0.3 is 0 Å². The highest BCUT2D eigenvalue weighted by atomic mass is 16.5. The Morgan fingerprint density at radius 2 is 1.86 bits per heavy atom. The first-order valence-corrected chi connectivity index (χ1v) is 6.85. The number of benzene rings is 1. The zero-order valence-corrected chi connectivity index (χ0v) is 12.2. The quantitative estimate of drug-likeness (QED) is 0.576. The van der Waals surface area contributed by atoms with Gasteiger partial charge in [-0.1, -0.05) is 36.4 Å². The Bertz CT molecular complexity index is 572. The number of hydrogen-bond donors (Lipinski definition) is 2. The molecule has 0 amide bonds. The van der Waals surface area contributed by atoms with E-state index in [0.29, 0.717) is 25.5 Å². The van der Waals surface area contributed by atoms with Gasteiger partial charge in [0.15, 0.2) is 5.82 Å². The average molecular weight is 284 g/mol. The van der Waals surface area contributed by atoms with Crippen LogP contribution in [0, 0.1) is 0 Å². The van der Waals surface area contributed by atoms with Crippen molar-refractivity contribution in [3.63, 3.8) is 0 Å². The van der Waals surface area contributed by atoms with Crippen LogP contribution in [0.25, 0.3) is 11.4 Å². The first-order chi connectivity index (χ1) is 10.3. The highest BCUT2D eigenvalue weighted by molar-refractivity contribution is 5.61. The number of aromatic nitrogens is 2. The third-order valence-corrected chi connectivity index (χ3v) is 2.80. The molecule has 0 radical (unpaired) electrons. The average Bonchev–Trinajstić information content (AvgIpc) is 2.54. The summed E-state index contributed by atoms with van der Waals surface area (Å²) >= 11 is 0. The van der Waals surface area contributed by atoms with Crippen molar-refractivity contribution < 1.29 is 4.74 Å². The van der Waals surface area contributed by atoms with Gasteiger partial charge in [0.05, 0.1) is 6.61 Å². The van der Waals surface area contributed by atoms with Crippen LogP contribution in [0.3, 0.4) is 0 Å². The van der Waals surface area contributed by atoms with Crippen LogP contribution in [0.2, 0.25) is 0 Å². The Labute approximate surface area is 125 Å². The third kappa shape index (κ3) is 4.57. The first-order valence-electron chi connectivity index (χ1n) is 6.85. The van der Waals surface area contributed by atoms with Gasteiger partial charge in [-0.05, 0) is 0 Å². The number of rotatable bonds is 8. The van der Waals surface area contributed by atoms with Gasteiger partial charge in [-0.15, -0.1) is 6.58 Å². The first kappa shape index (κ1) is 15.0. The smallest absolute Gasteiger partial charge is 0.163 e. The van der Waals surface area contributed by atoms with E-state index < -0.39 is 0 Å². The van der Waals surface area contributed by atoms with Crippen molar-refractivity contribution in [3.05, 3.63) is 49.1 Å². The molecule has 0 saturated carbocycles. The van der Waals surface area contributed by atoms with Crippen molar-refractivity contribution >= 4 is 11.6 Å². The molecule has 110 valence electrons. The normalized spacial score (nSPS) is 10.1. The summed E-state index contributed by atoms with van der Waals surface area (Å²) in [6.45, 7) is 5.68. The molecule has 0 fully saturated rings. The summed E-state index contributed by atoms with van der Waals surface area (Å²) in [5.41, 5.74) is 0.981. The van der Waals surface area contributed by atoms with E-state index in [9.17, 15) is 0 Å². The molecule has 0 aliphatic rings. The van der Waals surface area contributed by atoms with Gasteiger partial charge in [0.1, 0.15) is 11.6 Å². The molecule has 0 spiro atoms. The van der Waals surface area contributed by atoms with E-state index in [1.807, 2.05) is 36.4 Å². The zero-order valence-electron chi connectivity index (χ0n) is 12.2. The number of ether oxygens (including phenoxy) is 1. The molecule has 5 heteroatoms. The van der Waals surface area contributed by atoms with Gasteiger partial charge in [0.2, 0.25) is 0 Å². The lowest BCUT2D eigenvalue weighted by molar-refractivity contribution is 0.210. The van der Waals surface area contributed by atoms with Crippen LogP contribution in [-0.2, 0) is 4.74 Å². The molecular formula is C16H20N4O. The van der Waals surface area contributed by atoms with E-state index in [-0.39, 0.29) is 0 Å². The fourth-order valence-electron chi connectivity index (χ4n) is 1.80. The summed E-state index contributed by atoms with van der Waals surface area (Å²) in [7, 11) is 1.67. The van der Waals surface area contributed by atoms with E-state index in [1.54, 1.807) is 13.2 Å². The summed E-state index contributed by atoms with van der Waals surface area (Å²) in [5.74, 6) is 2.22. The Morgan fingerprint density at radius 3 is 2.52 bits per heavy atom. The monoisotopic (exact) mass is 284 g/mol. The van der Waals surface area contributed by atoms with Gasteiger partial charge in [-0.3, -0.25) is 0 Å². The van der Waals surface area contributed by atoms with Gasteiger partial charge in [-0.2, -0.15) is 0 Å². The maximum absolute atomic E-state index is 5.04. The summed E-state index contributed by atoms with van der Waals surface area (Å²) in [5, 5.41) is 6.43. The summed E-state index contributed by atoms with van der Waals surface area (Å²) in [6.07, 6.45) is 1.79. The maximum atomic E-state index is 5.04. The van der Waals surface area contributed by atoms with Crippen molar-refractivity contribution in [2.24, 2.45) is 0 Å². The van der Waals surface area contributed by atoms with Crippen molar-refractivity contribution in [2.75, 3.05) is 37.4 Å². The largest absolute Gasteiger partial charge is 0.383 e. The van der Waals surface area contributed by atoms with Crippen LogP contribution in [-0.4, -0.2) is 36.8 Å². The highest BCUT2D eigenvalue weighted by Gasteiger charge is 2.06. The second kappa shape index (κ2) is 8.01. The highest BCUT2D eigenvalue weighted by Crippen LogP contribution is 2.19. The molecule has 2 rings (SSSR count). The van der Waals surface area contributed by atoms with Gasteiger partial charge in [-0.25, -0.2) is 9.97 Å². The molecule has 0 bridgehead atoms. The standard InChI is InChI=1S/C16H20N4O/c1-3-9-17-14-12-15(18-10-11-21-2)20-16(19-14)13-7-5-4-6-8-13/h3-8,12H,1,9-11H2,2H3,(H2,17,18,19,20). The summed E-state index contributed by atoms with van der Waals surface area (Å²) in [6, 6.07) is 11.8. The van der Waals surface area contributed by atoms with Crippen LogP contribution < -0.4 is 10.6 Å². The zero-order chi connectivity index (χ0) is 14.9. The molecule has 1 heterocycles. The van der Waals surface area contributed by atoms with Crippen LogP contribution in [0.5, 0.6) is 0 Å². The van der Waals surface area contributed by atoms with E-state index >= 15 is 0 Å². The number of nitrogens with zero attached hydrogens (tertiary/aromatic N) is 2.